The van der Waals surface area contributed by atoms with Crippen molar-refractivity contribution < 1.29 is 4.74 Å². The Balaban J connectivity index is 0.00000192. The van der Waals surface area contributed by atoms with Crippen LogP contribution in [-0.4, -0.2) is 20.1 Å². The van der Waals surface area contributed by atoms with Gasteiger partial charge >= 0.3 is 0 Å². The molecule has 0 spiro atoms. The highest BCUT2D eigenvalue weighted by molar-refractivity contribution is 6.30. The molecule has 0 atom stereocenters. The van der Waals surface area contributed by atoms with Gasteiger partial charge in [0.2, 0.25) is 0 Å². The fourth-order valence-electron chi connectivity index (χ4n) is 2.81. The number of para-hydroxylation sites is 2. The van der Waals surface area contributed by atoms with Crippen LogP contribution in [0.3, 0.4) is 0 Å². The first-order chi connectivity index (χ1) is 10.8. The van der Waals surface area contributed by atoms with Gasteiger partial charge < -0.3 is 15.0 Å². The quantitative estimate of drug-likeness (QED) is 0.782. The van der Waals surface area contributed by atoms with E-state index >= 15 is 0 Å². The summed E-state index contributed by atoms with van der Waals surface area (Å²) in [7, 11) is 1.99. The number of rotatable bonds is 5. The average Bonchev–Trinajstić information content (AvgIpc) is 2.69. The number of anilines is 2. The van der Waals surface area contributed by atoms with Crippen LogP contribution in [0.15, 0.2) is 42.5 Å². The van der Waals surface area contributed by atoms with Gasteiger partial charge in [0.1, 0.15) is 12.4 Å². The summed E-state index contributed by atoms with van der Waals surface area (Å²) in [6.07, 6.45) is 2.26. The van der Waals surface area contributed by atoms with Crippen molar-refractivity contribution in [1.29, 1.82) is 0 Å². The van der Waals surface area contributed by atoms with Crippen LogP contribution in [0.5, 0.6) is 5.75 Å². The lowest BCUT2D eigenvalue weighted by molar-refractivity contribution is 0.310. The second-order valence-corrected chi connectivity index (χ2v) is 5.93. The molecule has 3 rings (SSSR count). The average molecular weight is 353 g/mol. The zero-order chi connectivity index (χ0) is 15.4. The molecule has 2 aromatic rings. The molecule has 124 valence electrons. The Labute approximate surface area is 149 Å². The Morgan fingerprint density at radius 1 is 1.13 bits per heavy atom. The Kier molecular flexibility index (Phi) is 6.58. The number of unbranched alkanes of at least 4 members (excludes halogenated alkanes) is 1. The molecule has 1 N–H and O–H groups in total. The number of benzene rings is 2. The predicted octanol–water partition coefficient (Wildman–Crippen LogP) is 4.79. The van der Waals surface area contributed by atoms with Crippen molar-refractivity contribution in [3.8, 4) is 5.75 Å². The van der Waals surface area contributed by atoms with Crippen LogP contribution in [0.4, 0.5) is 11.4 Å². The number of ether oxygens (including phenoxy) is 1. The van der Waals surface area contributed by atoms with E-state index in [-0.39, 0.29) is 12.4 Å². The second-order valence-electron chi connectivity index (χ2n) is 5.49. The highest BCUT2D eigenvalue weighted by atomic mass is 35.5. The largest absolute Gasteiger partial charge is 0.487 e. The normalized spacial score (nSPS) is 12.5. The summed E-state index contributed by atoms with van der Waals surface area (Å²) in [5.41, 5.74) is 3.45. The zero-order valence-electron chi connectivity index (χ0n) is 13.2. The van der Waals surface area contributed by atoms with Gasteiger partial charge in [-0.15, -0.1) is 12.4 Å². The van der Waals surface area contributed by atoms with Crippen LogP contribution < -0.4 is 15.0 Å². The van der Waals surface area contributed by atoms with Gasteiger partial charge in [0.25, 0.3) is 0 Å². The minimum Gasteiger partial charge on any atom is -0.487 e. The molecule has 23 heavy (non-hydrogen) atoms. The molecule has 0 aliphatic carbocycles. The molecule has 1 aliphatic heterocycles. The summed E-state index contributed by atoms with van der Waals surface area (Å²) in [5.74, 6) is 0.934. The van der Waals surface area contributed by atoms with Crippen molar-refractivity contribution in [3.63, 3.8) is 0 Å². The first-order valence-electron chi connectivity index (χ1n) is 7.72. The first-order valence-corrected chi connectivity index (χ1v) is 8.10. The molecule has 3 nitrogen and oxygen atoms in total. The van der Waals surface area contributed by atoms with E-state index in [4.69, 9.17) is 16.3 Å². The Bertz CT molecular complexity index is 649. The number of halogens is 2. The Hall–Kier alpha value is -1.42. The number of nitrogens with zero attached hydrogens (tertiary/aromatic N) is 1. The van der Waals surface area contributed by atoms with Gasteiger partial charge in [-0.3, -0.25) is 0 Å². The number of nitrogens with one attached hydrogen (secondary N) is 1. The molecule has 0 radical (unpaired) electrons. The Morgan fingerprint density at radius 3 is 2.78 bits per heavy atom. The maximum absolute atomic E-state index is 6.23. The lowest BCUT2D eigenvalue weighted by atomic mass is 10.1. The fourth-order valence-corrected chi connectivity index (χ4v) is 2.98. The molecule has 0 unspecified atom stereocenters. The van der Waals surface area contributed by atoms with Crippen LogP contribution >= 0.6 is 24.0 Å². The van der Waals surface area contributed by atoms with Crippen molar-refractivity contribution in [2.45, 2.75) is 19.4 Å². The standard InChI is InChI=1S/C18H21ClN2O.ClH/c1-20-10-4-5-11-21-16-6-2-3-7-18(16)22-13-14-8-9-15(19)12-17(14)21;/h2-3,6-9,12,20H,4-5,10-11,13H2,1H3;1H. The molecular weight excluding hydrogens is 331 g/mol. The van der Waals surface area contributed by atoms with Gasteiger partial charge in [0.05, 0.1) is 5.69 Å². The SMILES string of the molecule is CNCCCCN1c2cc(Cl)ccc2COc2ccccc21.Cl. The topological polar surface area (TPSA) is 24.5 Å². The van der Waals surface area contributed by atoms with Crippen LogP contribution in [0.25, 0.3) is 0 Å². The number of fused-ring (bicyclic) bond motifs is 2. The molecule has 0 bridgehead atoms. The summed E-state index contributed by atoms with van der Waals surface area (Å²) in [6, 6.07) is 14.2. The van der Waals surface area contributed by atoms with Gasteiger partial charge in [0, 0.05) is 22.8 Å². The molecular formula is C18H22Cl2N2O. The van der Waals surface area contributed by atoms with Crippen LogP contribution in [-0.2, 0) is 6.61 Å². The van der Waals surface area contributed by atoms with Gasteiger partial charge in [0.15, 0.2) is 0 Å². The van der Waals surface area contributed by atoms with E-state index in [1.807, 2.05) is 31.3 Å². The molecule has 1 heterocycles. The Morgan fingerprint density at radius 2 is 1.96 bits per heavy atom. The van der Waals surface area contributed by atoms with Crippen molar-refractivity contribution in [1.82, 2.24) is 5.32 Å². The lowest BCUT2D eigenvalue weighted by Gasteiger charge is -2.26. The maximum atomic E-state index is 6.23. The summed E-state index contributed by atoms with van der Waals surface area (Å²) < 4.78 is 5.98. The number of hydrogen-bond acceptors (Lipinski definition) is 3. The smallest absolute Gasteiger partial charge is 0.143 e. The van der Waals surface area contributed by atoms with Crippen LogP contribution in [0, 0.1) is 0 Å². The molecule has 0 fully saturated rings. The second kappa shape index (κ2) is 8.44. The fraction of sp³-hybridized carbons (Fsp3) is 0.333. The van der Waals surface area contributed by atoms with Crippen molar-refractivity contribution in [2.75, 3.05) is 25.0 Å². The molecule has 5 heteroatoms. The highest BCUT2D eigenvalue weighted by Crippen LogP contribution is 2.40. The third-order valence-corrected chi connectivity index (χ3v) is 4.17. The van der Waals surface area contributed by atoms with E-state index < -0.39 is 0 Å². The van der Waals surface area contributed by atoms with Crippen molar-refractivity contribution in [2.24, 2.45) is 0 Å². The summed E-state index contributed by atoms with van der Waals surface area (Å²) in [5, 5.41) is 3.96. The monoisotopic (exact) mass is 352 g/mol. The maximum Gasteiger partial charge on any atom is 0.143 e. The minimum atomic E-state index is 0. The van der Waals surface area contributed by atoms with E-state index in [2.05, 4.69) is 28.4 Å². The molecule has 0 aromatic heterocycles. The lowest BCUT2D eigenvalue weighted by Crippen LogP contribution is -2.20. The van der Waals surface area contributed by atoms with E-state index in [1.54, 1.807) is 0 Å². The summed E-state index contributed by atoms with van der Waals surface area (Å²) in [4.78, 5) is 2.33. The highest BCUT2D eigenvalue weighted by Gasteiger charge is 2.21. The van der Waals surface area contributed by atoms with E-state index in [0.29, 0.717) is 6.61 Å². The molecule has 0 saturated carbocycles. The van der Waals surface area contributed by atoms with Crippen molar-refractivity contribution >= 4 is 35.4 Å². The molecule has 2 aromatic carbocycles. The van der Waals surface area contributed by atoms with E-state index in [1.165, 1.54) is 5.56 Å². The summed E-state index contributed by atoms with van der Waals surface area (Å²) >= 11 is 6.23. The third kappa shape index (κ3) is 4.11. The number of hydrogen-bond donors (Lipinski definition) is 1. The van der Waals surface area contributed by atoms with Gasteiger partial charge in [-0.1, -0.05) is 29.8 Å². The van der Waals surface area contributed by atoms with E-state index in [9.17, 15) is 0 Å². The zero-order valence-corrected chi connectivity index (χ0v) is 14.8. The predicted molar refractivity (Wildman–Crippen MR) is 99.6 cm³/mol. The molecule has 1 aliphatic rings. The van der Waals surface area contributed by atoms with Crippen molar-refractivity contribution in [3.05, 3.63) is 53.1 Å². The van der Waals surface area contributed by atoms with Crippen LogP contribution in [0.1, 0.15) is 18.4 Å². The van der Waals surface area contributed by atoms with Crippen LogP contribution in [0.2, 0.25) is 5.02 Å². The summed E-state index contributed by atoms with van der Waals surface area (Å²) in [6.45, 7) is 2.57. The minimum absolute atomic E-state index is 0. The van der Waals surface area contributed by atoms with Gasteiger partial charge in [-0.2, -0.15) is 0 Å². The van der Waals surface area contributed by atoms with Gasteiger partial charge in [-0.05, 0) is 50.7 Å². The molecule has 0 amide bonds. The van der Waals surface area contributed by atoms with Gasteiger partial charge in [-0.25, -0.2) is 0 Å². The van der Waals surface area contributed by atoms with E-state index in [0.717, 1.165) is 48.1 Å². The first kappa shape index (κ1) is 17.9. The molecule has 0 saturated heterocycles. The third-order valence-electron chi connectivity index (χ3n) is 3.94.